The molecule has 0 bridgehead atoms. The van der Waals surface area contributed by atoms with Crippen LogP contribution in [-0.2, 0) is 9.59 Å². The van der Waals surface area contributed by atoms with Gasteiger partial charge in [-0.25, -0.2) is 0 Å². The minimum Gasteiger partial charge on any atom is -0.507 e. The van der Waals surface area contributed by atoms with E-state index in [4.69, 9.17) is 4.74 Å². The lowest BCUT2D eigenvalue weighted by Gasteiger charge is -2.26. The molecule has 1 unspecified atom stereocenters. The summed E-state index contributed by atoms with van der Waals surface area (Å²) in [5.74, 6) is -0.905. The molecule has 3 aromatic carbocycles. The second kappa shape index (κ2) is 12.1. The summed E-state index contributed by atoms with van der Waals surface area (Å²) in [6.45, 7) is 2.77. The number of unbranched alkanes of at least 4 members (excludes halogenated alkanes) is 2. The van der Waals surface area contributed by atoms with E-state index in [0.717, 1.165) is 36.2 Å². The van der Waals surface area contributed by atoms with Crippen molar-refractivity contribution in [3.8, 4) is 5.75 Å². The van der Waals surface area contributed by atoms with Gasteiger partial charge in [0.1, 0.15) is 11.5 Å². The standard InChI is InChI=1S/C32H37N3O4/c1-6-7-8-21-39-27-19-11-23(12-20-27)30(36)28-29(22-9-13-24(14-10-22)33(2)3)35(32(38)31(28)37)26-17-15-25(16-18-26)34(4)5/h9-20,29,36H,6-8,21H2,1-5H3/b30-28-. The molecule has 0 aliphatic carbocycles. The van der Waals surface area contributed by atoms with Crippen molar-refractivity contribution in [1.82, 2.24) is 0 Å². The summed E-state index contributed by atoms with van der Waals surface area (Å²) in [5, 5.41) is 11.4. The molecule has 1 aliphatic heterocycles. The van der Waals surface area contributed by atoms with Crippen LogP contribution in [0.4, 0.5) is 17.1 Å². The summed E-state index contributed by atoms with van der Waals surface area (Å²) in [7, 11) is 7.78. The number of carbonyl (C=O) groups is 2. The van der Waals surface area contributed by atoms with Crippen LogP contribution in [0.3, 0.4) is 0 Å². The third kappa shape index (κ3) is 5.93. The van der Waals surface area contributed by atoms with Gasteiger partial charge < -0.3 is 19.6 Å². The Labute approximate surface area is 230 Å². The van der Waals surface area contributed by atoms with Crippen molar-refractivity contribution in [3.05, 3.63) is 89.5 Å². The summed E-state index contributed by atoms with van der Waals surface area (Å²) in [4.78, 5) is 32.3. The van der Waals surface area contributed by atoms with Gasteiger partial charge in [0, 0.05) is 50.8 Å². The van der Waals surface area contributed by atoms with E-state index in [1.807, 2.05) is 86.5 Å². The van der Waals surface area contributed by atoms with Crippen LogP contribution < -0.4 is 19.4 Å². The second-order valence-electron chi connectivity index (χ2n) is 10.1. The maximum Gasteiger partial charge on any atom is 0.300 e. The van der Waals surface area contributed by atoms with E-state index in [9.17, 15) is 14.7 Å². The number of anilines is 3. The van der Waals surface area contributed by atoms with Crippen molar-refractivity contribution < 1.29 is 19.4 Å². The van der Waals surface area contributed by atoms with Crippen LogP contribution in [-0.4, -0.2) is 51.6 Å². The molecule has 0 spiro atoms. The number of ether oxygens (including phenoxy) is 1. The zero-order valence-electron chi connectivity index (χ0n) is 23.3. The summed E-state index contributed by atoms with van der Waals surface area (Å²) < 4.78 is 5.79. The fraction of sp³-hybridized carbons (Fsp3) is 0.312. The predicted molar refractivity (Wildman–Crippen MR) is 158 cm³/mol. The molecule has 1 saturated heterocycles. The molecule has 39 heavy (non-hydrogen) atoms. The lowest BCUT2D eigenvalue weighted by molar-refractivity contribution is -0.132. The van der Waals surface area contributed by atoms with Crippen LogP contribution in [0, 0.1) is 0 Å². The quantitative estimate of drug-likeness (QED) is 0.151. The first-order chi connectivity index (χ1) is 18.7. The number of nitrogens with zero attached hydrogens (tertiary/aromatic N) is 3. The van der Waals surface area contributed by atoms with Crippen LogP contribution in [0.2, 0.25) is 0 Å². The molecule has 4 rings (SSSR count). The molecule has 1 heterocycles. The van der Waals surface area contributed by atoms with E-state index < -0.39 is 17.7 Å². The van der Waals surface area contributed by atoms with Crippen LogP contribution in [0.15, 0.2) is 78.4 Å². The van der Waals surface area contributed by atoms with Gasteiger partial charge >= 0.3 is 0 Å². The zero-order chi connectivity index (χ0) is 28.1. The van der Waals surface area contributed by atoms with E-state index in [-0.39, 0.29) is 11.3 Å². The monoisotopic (exact) mass is 527 g/mol. The number of Topliss-reactive ketones (excluding diaryl/α,β-unsaturated/α-hetero) is 1. The van der Waals surface area contributed by atoms with Gasteiger partial charge in [-0.15, -0.1) is 0 Å². The Hall–Kier alpha value is -4.26. The smallest absolute Gasteiger partial charge is 0.300 e. The molecule has 1 atom stereocenters. The SMILES string of the molecule is CCCCCOc1ccc(/C(O)=C2/C(=O)C(=O)N(c3ccc(N(C)C)cc3)C2c2ccc(N(C)C)cc2)cc1. The average Bonchev–Trinajstić information content (AvgIpc) is 3.21. The number of rotatable bonds is 10. The van der Waals surface area contributed by atoms with Crippen LogP contribution in [0.5, 0.6) is 5.75 Å². The Balaban J connectivity index is 1.76. The molecule has 7 nitrogen and oxygen atoms in total. The largest absolute Gasteiger partial charge is 0.507 e. The number of hydrogen-bond acceptors (Lipinski definition) is 6. The molecular formula is C32H37N3O4. The molecule has 204 valence electrons. The lowest BCUT2D eigenvalue weighted by atomic mass is 9.95. The van der Waals surface area contributed by atoms with E-state index in [2.05, 4.69) is 6.92 Å². The Bertz CT molecular complexity index is 1330. The van der Waals surface area contributed by atoms with E-state index in [1.54, 1.807) is 24.3 Å². The van der Waals surface area contributed by atoms with Gasteiger partial charge in [-0.1, -0.05) is 31.9 Å². The van der Waals surface area contributed by atoms with Crippen LogP contribution in [0.25, 0.3) is 5.76 Å². The van der Waals surface area contributed by atoms with Gasteiger partial charge in [0.05, 0.1) is 18.2 Å². The van der Waals surface area contributed by atoms with Crippen molar-refractivity contribution in [2.24, 2.45) is 0 Å². The van der Waals surface area contributed by atoms with Crippen LogP contribution in [0.1, 0.15) is 43.4 Å². The Kier molecular flexibility index (Phi) is 8.59. The number of benzene rings is 3. The molecular weight excluding hydrogens is 490 g/mol. The highest BCUT2D eigenvalue weighted by molar-refractivity contribution is 6.51. The molecule has 0 saturated carbocycles. The number of amides is 1. The molecule has 0 aromatic heterocycles. The highest BCUT2D eigenvalue weighted by atomic mass is 16.5. The van der Waals surface area contributed by atoms with Crippen molar-refractivity contribution >= 4 is 34.5 Å². The molecule has 7 heteroatoms. The summed E-state index contributed by atoms with van der Waals surface area (Å²) in [6.07, 6.45) is 3.20. The Morgan fingerprint density at radius 1 is 0.821 bits per heavy atom. The fourth-order valence-corrected chi connectivity index (χ4v) is 4.69. The normalized spacial score (nSPS) is 16.4. The van der Waals surface area contributed by atoms with Crippen molar-refractivity contribution in [2.75, 3.05) is 49.5 Å². The number of aliphatic hydroxyl groups is 1. The molecule has 1 fully saturated rings. The number of aliphatic hydroxyl groups excluding tert-OH is 1. The van der Waals surface area contributed by atoms with Gasteiger partial charge in [-0.05, 0) is 72.6 Å². The first kappa shape index (κ1) is 27.8. The predicted octanol–water partition coefficient (Wildman–Crippen LogP) is 6.01. The first-order valence-corrected chi connectivity index (χ1v) is 13.3. The lowest BCUT2D eigenvalue weighted by Crippen LogP contribution is -2.29. The number of carbonyl (C=O) groups excluding carboxylic acids is 2. The van der Waals surface area contributed by atoms with E-state index in [1.165, 1.54) is 4.90 Å². The van der Waals surface area contributed by atoms with E-state index in [0.29, 0.717) is 23.6 Å². The topological polar surface area (TPSA) is 73.3 Å². The minimum atomic E-state index is -0.781. The maximum absolute atomic E-state index is 13.5. The Morgan fingerprint density at radius 2 is 1.38 bits per heavy atom. The minimum absolute atomic E-state index is 0.0610. The average molecular weight is 528 g/mol. The first-order valence-electron chi connectivity index (χ1n) is 13.3. The van der Waals surface area contributed by atoms with Gasteiger partial charge in [-0.2, -0.15) is 0 Å². The maximum atomic E-state index is 13.5. The van der Waals surface area contributed by atoms with Crippen LogP contribution >= 0.6 is 0 Å². The van der Waals surface area contributed by atoms with E-state index >= 15 is 0 Å². The van der Waals surface area contributed by atoms with Crippen molar-refractivity contribution in [2.45, 2.75) is 32.2 Å². The van der Waals surface area contributed by atoms with Gasteiger partial charge in [0.25, 0.3) is 11.7 Å². The highest BCUT2D eigenvalue weighted by Gasteiger charge is 2.47. The molecule has 1 N–H and O–H groups in total. The van der Waals surface area contributed by atoms with Crippen molar-refractivity contribution in [1.29, 1.82) is 0 Å². The second-order valence-corrected chi connectivity index (χ2v) is 10.1. The third-order valence-electron chi connectivity index (χ3n) is 6.96. The third-order valence-corrected chi connectivity index (χ3v) is 6.96. The van der Waals surface area contributed by atoms with Gasteiger partial charge in [-0.3, -0.25) is 14.5 Å². The summed E-state index contributed by atoms with van der Waals surface area (Å²) in [5.41, 5.74) is 3.78. The summed E-state index contributed by atoms with van der Waals surface area (Å²) in [6, 6.07) is 21.3. The molecule has 1 aliphatic rings. The molecule has 1 amide bonds. The number of hydrogen-bond donors (Lipinski definition) is 1. The van der Waals surface area contributed by atoms with Gasteiger partial charge in [0.15, 0.2) is 0 Å². The molecule has 0 radical (unpaired) electrons. The fourth-order valence-electron chi connectivity index (χ4n) is 4.69. The van der Waals surface area contributed by atoms with Crippen molar-refractivity contribution in [3.63, 3.8) is 0 Å². The summed E-state index contributed by atoms with van der Waals surface area (Å²) >= 11 is 0. The Morgan fingerprint density at radius 3 is 1.92 bits per heavy atom. The number of ketones is 1. The van der Waals surface area contributed by atoms with Gasteiger partial charge in [0.2, 0.25) is 0 Å². The highest BCUT2D eigenvalue weighted by Crippen LogP contribution is 2.43. The zero-order valence-corrected chi connectivity index (χ0v) is 23.3. The molecule has 3 aromatic rings.